The largest absolute Gasteiger partial charge is 0.354 e. The summed E-state index contributed by atoms with van der Waals surface area (Å²) in [5.74, 6) is -0.143. The number of carbonyl (C=O) groups is 1. The van der Waals surface area contributed by atoms with Crippen LogP contribution in [0.25, 0.3) is 0 Å². The first-order valence-corrected chi connectivity index (χ1v) is 4.65. The molecule has 0 fully saturated rings. The Kier molecular flexibility index (Phi) is 2.89. The van der Waals surface area contributed by atoms with Crippen LogP contribution in [0.1, 0.15) is 37.0 Å². The van der Waals surface area contributed by atoms with E-state index in [9.17, 15) is 4.79 Å². The van der Waals surface area contributed by atoms with E-state index in [4.69, 9.17) is 0 Å². The van der Waals surface area contributed by atoms with Gasteiger partial charge in [0, 0.05) is 18.2 Å². The molecule has 1 aromatic heterocycles. The zero-order valence-corrected chi connectivity index (χ0v) is 9.09. The van der Waals surface area contributed by atoms with Gasteiger partial charge in [0.05, 0.1) is 0 Å². The van der Waals surface area contributed by atoms with Gasteiger partial charge in [0.25, 0.3) is 5.91 Å². The van der Waals surface area contributed by atoms with E-state index in [-0.39, 0.29) is 11.3 Å². The molecule has 0 radical (unpaired) electrons. The molecule has 0 aromatic carbocycles. The highest BCUT2D eigenvalue weighted by atomic mass is 16.1. The summed E-state index contributed by atoms with van der Waals surface area (Å²) in [5, 5.41) is 2.56. The van der Waals surface area contributed by atoms with Crippen LogP contribution in [-0.4, -0.2) is 17.9 Å². The summed E-state index contributed by atoms with van der Waals surface area (Å²) in [6, 6.07) is 5.51. The molecule has 0 aliphatic rings. The van der Waals surface area contributed by atoms with Gasteiger partial charge in [0.2, 0.25) is 0 Å². The summed E-state index contributed by atoms with van der Waals surface area (Å²) in [5.41, 5.74) is 1.38. The summed E-state index contributed by atoms with van der Waals surface area (Å²) >= 11 is 0. The Balaban J connectivity index is 3.08. The van der Waals surface area contributed by atoms with Crippen LogP contribution < -0.4 is 5.32 Å². The number of nitrogens with one attached hydrogen (secondary N) is 1. The summed E-state index contributed by atoms with van der Waals surface area (Å²) in [7, 11) is 1.60. The van der Waals surface area contributed by atoms with E-state index < -0.39 is 0 Å². The Morgan fingerprint density at radius 1 is 1.36 bits per heavy atom. The van der Waals surface area contributed by atoms with Gasteiger partial charge >= 0.3 is 0 Å². The molecule has 0 unspecified atom stereocenters. The number of rotatable bonds is 1. The van der Waals surface area contributed by atoms with Gasteiger partial charge in [0.1, 0.15) is 5.69 Å². The molecule has 0 bridgehead atoms. The summed E-state index contributed by atoms with van der Waals surface area (Å²) in [4.78, 5) is 15.6. The van der Waals surface area contributed by atoms with E-state index in [0.717, 1.165) is 5.69 Å². The lowest BCUT2D eigenvalue weighted by atomic mass is 9.91. The van der Waals surface area contributed by atoms with Crippen molar-refractivity contribution in [3.8, 4) is 0 Å². The summed E-state index contributed by atoms with van der Waals surface area (Å²) < 4.78 is 0. The lowest BCUT2D eigenvalue weighted by Crippen LogP contribution is -2.22. The van der Waals surface area contributed by atoms with E-state index in [2.05, 4.69) is 31.1 Å². The molecule has 0 atom stereocenters. The molecule has 3 nitrogen and oxygen atoms in total. The Bertz CT molecular complexity index is 339. The minimum Gasteiger partial charge on any atom is -0.354 e. The topological polar surface area (TPSA) is 42.0 Å². The lowest BCUT2D eigenvalue weighted by molar-refractivity contribution is 0.0958. The fourth-order valence-electron chi connectivity index (χ4n) is 1.11. The predicted octanol–water partition coefficient (Wildman–Crippen LogP) is 1.74. The third-order valence-electron chi connectivity index (χ3n) is 1.98. The second-order valence-electron chi connectivity index (χ2n) is 4.24. The second kappa shape index (κ2) is 3.78. The predicted molar refractivity (Wildman–Crippen MR) is 56.3 cm³/mol. The van der Waals surface area contributed by atoms with Crippen LogP contribution in [0, 0.1) is 0 Å². The quantitative estimate of drug-likeness (QED) is 0.736. The van der Waals surface area contributed by atoms with Crippen LogP contribution in [0.3, 0.4) is 0 Å². The molecule has 3 heteroatoms. The highest BCUT2D eigenvalue weighted by Crippen LogP contribution is 2.19. The highest BCUT2D eigenvalue weighted by molar-refractivity contribution is 5.92. The molecule has 0 saturated heterocycles. The van der Waals surface area contributed by atoms with Gasteiger partial charge in [-0.2, -0.15) is 0 Å². The molecule has 14 heavy (non-hydrogen) atoms. The van der Waals surface area contributed by atoms with Crippen LogP contribution in [0.4, 0.5) is 0 Å². The Morgan fingerprint density at radius 2 is 2.00 bits per heavy atom. The zero-order valence-electron chi connectivity index (χ0n) is 9.09. The first kappa shape index (κ1) is 10.7. The van der Waals surface area contributed by atoms with Crippen molar-refractivity contribution >= 4 is 5.91 Å². The van der Waals surface area contributed by atoms with Crippen molar-refractivity contribution in [1.29, 1.82) is 0 Å². The number of hydrogen-bond acceptors (Lipinski definition) is 2. The van der Waals surface area contributed by atoms with E-state index in [1.807, 2.05) is 12.1 Å². The molecule has 1 aromatic rings. The van der Waals surface area contributed by atoms with Crippen LogP contribution >= 0.6 is 0 Å². The molecule has 76 valence electrons. The Morgan fingerprint density at radius 3 is 2.50 bits per heavy atom. The fraction of sp³-hybridized carbons (Fsp3) is 0.455. The first-order valence-electron chi connectivity index (χ1n) is 4.65. The SMILES string of the molecule is CNC(=O)c1cccc(C(C)(C)C)n1. The molecular weight excluding hydrogens is 176 g/mol. The van der Waals surface area contributed by atoms with Crippen molar-refractivity contribution in [3.05, 3.63) is 29.6 Å². The Hall–Kier alpha value is -1.38. The van der Waals surface area contributed by atoms with Crippen molar-refractivity contribution in [2.45, 2.75) is 26.2 Å². The number of carbonyl (C=O) groups excluding carboxylic acids is 1. The van der Waals surface area contributed by atoms with Gasteiger partial charge < -0.3 is 5.32 Å². The molecule has 0 spiro atoms. The van der Waals surface area contributed by atoms with Crippen molar-refractivity contribution in [2.24, 2.45) is 0 Å². The van der Waals surface area contributed by atoms with Gasteiger partial charge in [-0.05, 0) is 12.1 Å². The third-order valence-corrected chi connectivity index (χ3v) is 1.98. The maximum atomic E-state index is 11.3. The van der Waals surface area contributed by atoms with Crippen LogP contribution in [0.2, 0.25) is 0 Å². The lowest BCUT2D eigenvalue weighted by Gasteiger charge is -2.17. The van der Waals surface area contributed by atoms with E-state index in [0.29, 0.717) is 5.69 Å². The fourth-order valence-corrected chi connectivity index (χ4v) is 1.11. The third kappa shape index (κ3) is 2.31. The minimum atomic E-state index is -0.143. The van der Waals surface area contributed by atoms with Gasteiger partial charge in [-0.3, -0.25) is 4.79 Å². The number of amides is 1. The van der Waals surface area contributed by atoms with E-state index >= 15 is 0 Å². The molecular formula is C11H16N2O. The van der Waals surface area contributed by atoms with Crippen LogP contribution in [0.15, 0.2) is 18.2 Å². The van der Waals surface area contributed by atoms with Crippen molar-refractivity contribution in [2.75, 3.05) is 7.05 Å². The monoisotopic (exact) mass is 192 g/mol. The smallest absolute Gasteiger partial charge is 0.269 e. The average molecular weight is 192 g/mol. The molecule has 1 N–H and O–H groups in total. The normalized spacial score (nSPS) is 11.1. The minimum absolute atomic E-state index is 0.0238. The van der Waals surface area contributed by atoms with E-state index in [1.165, 1.54) is 0 Å². The van der Waals surface area contributed by atoms with Gasteiger partial charge in [-0.15, -0.1) is 0 Å². The van der Waals surface area contributed by atoms with Gasteiger partial charge in [0.15, 0.2) is 0 Å². The molecule has 0 saturated carbocycles. The van der Waals surface area contributed by atoms with Crippen LogP contribution in [-0.2, 0) is 5.41 Å². The van der Waals surface area contributed by atoms with Gasteiger partial charge in [-0.25, -0.2) is 4.98 Å². The van der Waals surface area contributed by atoms with Crippen molar-refractivity contribution < 1.29 is 4.79 Å². The Labute approximate surface area is 84.6 Å². The number of nitrogens with zero attached hydrogens (tertiary/aromatic N) is 1. The molecule has 0 aliphatic carbocycles. The van der Waals surface area contributed by atoms with Crippen molar-refractivity contribution in [1.82, 2.24) is 10.3 Å². The number of aromatic nitrogens is 1. The van der Waals surface area contributed by atoms with Crippen molar-refractivity contribution in [3.63, 3.8) is 0 Å². The van der Waals surface area contributed by atoms with Crippen LogP contribution in [0.5, 0.6) is 0 Å². The van der Waals surface area contributed by atoms with E-state index in [1.54, 1.807) is 13.1 Å². The average Bonchev–Trinajstić information content (AvgIpc) is 2.15. The standard InChI is InChI=1S/C11H16N2O/c1-11(2,3)9-7-5-6-8(13-9)10(14)12-4/h5-7H,1-4H3,(H,12,14). The summed E-state index contributed by atoms with van der Waals surface area (Å²) in [6.45, 7) is 6.22. The molecule has 1 heterocycles. The number of hydrogen-bond donors (Lipinski definition) is 1. The highest BCUT2D eigenvalue weighted by Gasteiger charge is 2.16. The maximum Gasteiger partial charge on any atom is 0.269 e. The molecule has 1 amide bonds. The molecule has 0 aliphatic heterocycles. The first-order chi connectivity index (χ1) is 6.45. The van der Waals surface area contributed by atoms with Gasteiger partial charge in [-0.1, -0.05) is 26.8 Å². The maximum absolute atomic E-state index is 11.3. The number of pyridine rings is 1. The summed E-state index contributed by atoms with van der Waals surface area (Å²) in [6.07, 6.45) is 0. The second-order valence-corrected chi connectivity index (χ2v) is 4.24. The zero-order chi connectivity index (χ0) is 10.8. The molecule has 1 rings (SSSR count).